The van der Waals surface area contributed by atoms with E-state index in [0.29, 0.717) is 5.25 Å². The average molecular weight is 602 g/mol. The van der Waals surface area contributed by atoms with E-state index >= 15 is 0 Å². The minimum absolute atomic E-state index is 0.558. The van der Waals surface area contributed by atoms with Gasteiger partial charge >= 0.3 is 0 Å². The van der Waals surface area contributed by atoms with Crippen LogP contribution in [-0.2, 0) is 6.42 Å². The van der Waals surface area contributed by atoms with Crippen LogP contribution in [0, 0.1) is 0 Å². The van der Waals surface area contributed by atoms with Crippen molar-refractivity contribution < 1.29 is 4.42 Å². The first kappa shape index (κ1) is 25.0. The molecule has 2 aliphatic carbocycles. The molecule has 2 aromatic heterocycles. The molecular weight excluding hydrogens is 575 g/mol. The number of hydrogen-bond acceptors (Lipinski definition) is 3. The summed E-state index contributed by atoms with van der Waals surface area (Å²) in [5, 5.41) is 6.85. The lowest BCUT2D eigenvalue weighted by molar-refractivity contribution is 0.669. The number of fused-ring (bicyclic) bond motifs is 9. The third-order valence-corrected chi connectivity index (χ3v) is 12.4. The van der Waals surface area contributed by atoms with Gasteiger partial charge in [-0.1, -0.05) is 90.7 Å². The molecule has 44 heavy (non-hydrogen) atoms. The topological polar surface area (TPSA) is 18.1 Å². The maximum absolute atomic E-state index is 6.14. The number of benzene rings is 5. The maximum Gasteiger partial charge on any atom is 0.135 e. The zero-order chi connectivity index (χ0) is 28.8. The van der Waals surface area contributed by atoms with Crippen molar-refractivity contribution in [2.75, 3.05) is 0 Å². The lowest BCUT2D eigenvalue weighted by Gasteiger charge is -2.33. The van der Waals surface area contributed by atoms with Gasteiger partial charge in [-0.15, -0.1) is 11.8 Å². The predicted octanol–water partition coefficient (Wildman–Crippen LogP) is 11.7. The van der Waals surface area contributed by atoms with Crippen LogP contribution in [0.2, 0.25) is 0 Å². The monoisotopic (exact) mass is 601 g/mol. The zero-order valence-corrected chi connectivity index (χ0v) is 25.6. The van der Waals surface area contributed by atoms with Crippen molar-refractivity contribution in [1.82, 2.24) is 4.57 Å². The Balaban J connectivity index is 1.21. The van der Waals surface area contributed by atoms with Crippen LogP contribution in [0.25, 0.3) is 65.3 Å². The van der Waals surface area contributed by atoms with E-state index in [2.05, 4.69) is 126 Å². The van der Waals surface area contributed by atoms with Gasteiger partial charge in [-0.2, -0.15) is 0 Å². The van der Waals surface area contributed by atoms with E-state index in [1.807, 2.05) is 23.9 Å². The second-order valence-electron chi connectivity index (χ2n) is 11.9. The van der Waals surface area contributed by atoms with Crippen molar-refractivity contribution >= 4 is 72.0 Å². The van der Waals surface area contributed by atoms with Gasteiger partial charge in [0.05, 0.1) is 11.2 Å². The maximum atomic E-state index is 6.14. The molecule has 0 amide bonds. The Bertz CT molecular complexity index is 2440. The summed E-state index contributed by atoms with van der Waals surface area (Å²) >= 11 is 4.11. The minimum Gasteiger partial charge on any atom is -0.456 e. The zero-order valence-electron chi connectivity index (χ0n) is 23.9. The van der Waals surface area contributed by atoms with E-state index in [-0.39, 0.29) is 0 Å². The van der Waals surface area contributed by atoms with Crippen LogP contribution in [-0.4, -0.2) is 9.82 Å². The van der Waals surface area contributed by atoms with Crippen LogP contribution < -0.4 is 0 Å². The molecule has 1 atom stereocenters. The Hall–Kier alpha value is -4.38. The number of allylic oxidation sites excluding steroid dienone is 4. The summed E-state index contributed by atoms with van der Waals surface area (Å²) in [5.74, 6) is 0. The molecule has 1 unspecified atom stereocenters. The highest BCUT2D eigenvalue weighted by Gasteiger charge is 2.34. The molecule has 5 aromatic carbocycles. The summed E-state index contributed by atoms with van der Waals surface area (Å²) in [5.41, 5.74) is 9.65. The van der Waals surface area contributed by atoms with Gasteiger partial charge in [0.25, 0.3) is 0 Å². The highest BCUT2D eigenvalue weighted by atomic mass is 32.2. The first-order valence-electron chi connectivity index (χ1n) is 15.3. The second-order valence-corrected chi connectivity index (χ2v) is 14.3. The van der Waals surface area contributed by atoms with E-state index in [4.69, 9.17) is 4.42 Å². The smallest absolute Gasteiger partial charge is 0.135 e. The van der Waals surface area contributed by atoms with Crippen LogP contribution >= 0.6 is 23.5 Å². The normalized spacial score (nSPS) is 17.7. The van der Waals surface area contributed by atoms with Crippen LogP contribution in [0.15, 0.2) is 136 Å². The van der Waals surface area contributed by atoms with E-state index < -0.39 is 0 Å². The van der Waals surface area contributed by atoms with Crippen molar-refractivity contribution in [3.05, 3.63) is 142 Å². The fourth-order valence-corrected chi connectivity index (χ4v) is 10.2. The SMILES string of the molecule is C1=CCC2SC3=C(SC2=C1)c1c(c2cc4ccccc4cc2n1-c1cccc(-c2ccc4oc5ccccc5c4c2)c1)CC3. The quantitative estimate of drug-likeness (QED) is 0.196. The van der Waals surface area contributed by atoms with Gasteiger partial charge in [0.15, 0.2) is 0 Å². The molecule has 0 spiro atoms. The molecule has 0 N–H and O–H groups in total. The Morgan fingerprint density at radius 2 is 1.55 bits per heavy atom. The average Bonchev–Trinajstić information content (AvgIpc) is 3.61. The van der Waals surface area contributed by atoms with E-state index in [0.717, 1.165) is 41.2 Å². The van der Waals surface area contributed by atoms with Gasteiger partial charge in [-0.3, -0.25) is 0 Å². The Kier molecular flexibility index (Phi) is 5.43. The van der Waals surface area contributed by atoms with E-state index in [1.165, 1.54) is 59.6 Å². The Morgan fingerprint density at radius 3 is 2.50 bits per heavy atom. The summed E-state index contributed by atoms with van der Waals surface area (Å²) in [7, 11) is 0. The summed E-state index contributed by atoms with van der Waals surface area (Å²) in [6.45, 7) is 0. The fourth-order valence-electron chi connectivity index (χ4n) is 7.31. The molecule has 0 bridgehead atoms. The summed E-state index contributed by atoms with van der Waals surface area (Å²) in [6.07, 6.45) is 10.2. The Morgan fingerprint density at radius 1 is 0.705 bits per heavy atom. The van der Waals surface area contributed by atoms with Crippen molar-refractivity contribution in [3.63, 3.8) is 0 Å². The number of hydrogen-bond donors (Lipinski definition) is 0. The van der Waals surface area contributed by atoms with Crippen LogP contribution in [0.3, 0.4) is 0 Å². The molecule has 4 heteroatoms. The van der Waals surface area contributed by atoms with Crippen LogP contribution in [0.5, 0.6) is 0 Å². The molecule has 3 aliphatic rings. The second kappa shape index (κ2) is 9.56. The van der Waals surface area contributed by atoms with E-state index in [9.17, 15) is 0 Å². The molecular formula is C40H27NOS2. The molecule has 0 radical (unpaired) electrons. The van der Waals surface area contributed by atoms with Crippen molar-refractivity contribution in [2.24, 2.45) is 0 Å². The van der Waals surface area contributed by atoms with Crippen LogP contribution in [0.4, 0.5) is 0 Å². The summed E-state index contributed by atoms with van der Waals surface area (Å²) < 4.78 is 8.70. The van der Waals surface area contributed by atoms with Gasteiger partial charge in [-0.25, -0.2) is 0 Å². The molecule has 10 rings (SSSR count). The molecule has 7 aromatic rings. The highest BCUT2D eigenvalue weighted by molar-refractivity contribution is 8.16. The van der Waals surface area contributed by atoms with Gasteiger partial charge in [-0.05, 0) is 89.2 Å². The first-order valence-corrected chi connectivity index (χ1v) is 17.0. The van der Waals surface area contributed by atoms with Gasteiger partial charge in [0, 0.05) is 41.8 Å². The molecule has 2 nitrogen and oxygen atoms in total. The third kappa shape index (κ3) is 3.71. The highest BCUT2D eigenvalue weighted by Crippen LogP contribution is 2.57. The summed E-state index contributed by atoms with van der Waals surface area (Å²) in [6, 6.07) is 37.6. The molecule has 210 valence electrons. The lowest BCUT2D eigenvalue weighted by atomic mass is 9.98. The molecule has 1 aliphatic heterocycles. The fraction of sp³-hybridized carbons (Fsp3) is 0.100. The summed E-state index contributed by atoms with van der Waals surface area (Å²) in [4.78, 5) is 4.49. The number of nitrogens with zero attached hydrogens (tertiary/aromatic N) is 1. The number of para-hydroxylation sites is 1. The van der Waals surface area contributed by atoms with Gasteiger partial charge in [0.2, 0.25) is 0 Å². The number of thioether (sulfide) groups is 2. The minimum atomic E-state index is 0.558. The van der Waals surface area contributed by atoms with Gasteiger partial charge < -0.3 is 8.98 Å². The molecule has 0 saturated heterocycles. The lowest BCUT2D eigenvalue weighted by Crippen LogP contribution is -2.15. The number of furan rings is 1. The first-order chi connectivity index (χ1) is 21.8. The van der Waals surface area contributed by atoms with Crippen LogP contribution in [0.1, 0.15) is 24.1 Å². The molecule has 3 heterocycles. The largest absolute Gasteiger partial charge is 0.456 e. The van der Waals surface area contributed by atoms with Crippen molar-refractivity contribution in [1.29, 1.82) is 0 Å². The van der Waals surface area contributed by atoms with Gasteiger partial charge in [0.1, 0.15) is 11.2 Å². The van der Waals surface area contributed by atoms with Crippen molar-refractivity contribution in [3.8, 4) is 16.8 Å². The molecule has 0 fully saturated rings. The molecule has 0 saturated carbocycles. The third-order valence-electron chi connectivity index (χ3n) is 9.39. The number of rotatable bonds is 2. The van der Waals surface area contributed by atoms with E-state index in [1.54, 1.807) is 4.91 Å². The predicted molar refractivity (Wildman–Crippen MR) is 190 cm³/mol. The number of aromatic nitrogens is 1. The standard InChI is InChI=1S/C40H27NOS2/c1-2-9-26-23-33-31(21-25(26)8-1)30-17-19-38-40(44-37-15-6-5-14-36(37)43-38)39(30)41(33)28-11-7-10-24(20-28)27-16-18-35-32(22-27)29-12-3-4-13-34(29)42-35/h1-13,15-16,18,20-23,36H,14,17,19H2. The number of aryl methyl sites for hydroxylation is 1. The van der Waals surface area contributed by atoms with Crippen molar-refractivity contribution in [2.45, 2.75) is 24.5 Å². The Labute approximate surface area is 263 Å².